The standard InChI is InChI=1S/C11H13N3O5/c1-12-11(16)7-3-4-8(9(5-7)14(17)18)13-6-10(15)19-2/h3-5,13H,6H2,1-2H3,(H,12,16). The second-order valence-corrected chi connectivity index (χ2v) is 3.50. The van der Waals surface area contributed by atoms with E-state index in [2.05, 4.69) is 15.4 Å². The van der Waals surface area contributed by atoms with Crippen LogP contribution >= 0.6 is 0 Å². The highest BCUT2D eigenvalue weighted by Gasteiger charge is 2.17. The third-order valence-corrected chi connectivity index (χ3v) is 2.33. The van der Waals surface area contributed by atoms with E-state index in [1.807, 2.05) is 0 Å². The molecule has 1 aromatic rings. The smallest absolute Gasteiger partial charge is 0.325 e. The van der Waals surface area contributed by atoms with Crippen LogP contribution in [0.3, 0.4) is 0 Å². The van der Waals surface area contributed by atoms with Gasteiger partial charge in [0.15, 0.2) is 0 Å². The van der Waals surface area contributed by atoms with Crippen LogP contribution in [0.4, 0.5) is 11.4 Å². The van der Waals surface area contributed by atoms with Crippen molar-refractivity contribution in [3.63, 3.8) is 0 Å². The average molecular weight is 267 g/mol. The summed E-state index contributed by atoms with van der Waals surface area (Å²) in [6, 6.07) is 3.93. The summed E-state index contributed by atoms with van der Waals surface area (Å²) in [5, 5.41) is 15.9. The van der Waals surface area contributed by atoms with Gasteiger partial charge in [0.2, 0.25) is 0 Å². The first-order chi connectivity index (χ1) is 8.99. The van der Waals surface area contributed by atoms with Gasteiger partial charge >= 0.3 is 5.97 Å². The molecule has 1 aromatic carbocycles. The number of anilines is 1. The Kier molecular flexibility index (Phi) is 4.81. The first kappa shape index (κ1) is 14.4. The summed E-state index contributed by atoms with van der Waals surface area (Å²) < 4.78 is 4.42. The minimum Gasteiger partial charge on any atom is -0.468 e. The highest BCUT2D eigenvalue weighted by Crippen LogP contribution is 2.25. The molecule has 102 valence electrons. The van der Waals surface area contributed by atoms with Crippen molar-refractivity contribution in [3.8, 4) is 0 Å². The van der Waals surface area contributed by atoms with Crippen molar-refractivity contribution in [1.82, 2.24) is 5.32 Å². The number of esters is 1. The largest absolute Gasteiger partial charge is 0.468 e. The Hall–Kier alpha value is -2.64. The van der Waals surface area contributed by atoms with Gasteiger partial charge in [-0.1, -0.05) is 0 Å². The van der Waals surface area contributed by atoms with Crippen molar-refractivity contribution in [3.05, 3.63) is 33.9 Å². The van der Waals surface area contributed by atoms with Gasteiger partial charge in [-0.25, -0.2) is 0 Å². The second-order valence-electron chi connectivity index (χ2n) is 3.50. The number of nitro benzene ring substituents is 1. The minimum absolute atomic E-state index is 0.142. The molecule has 8 heteroatoms. The first-order valence-electron chi connectivity index (χ1n) is 5.30. The highest BCUT2D eigenvalue weighted by atomic mass is 16.6. The van der Waals surface area contributed by atoms with Gasteiger partial charge in [-0.05, 0) is 12.1 Å². The van der Waals surface area contributed by atoms with Crippen LogP contribution in [0.15, 0.2) is 18.2 Å². The zero-order valence-corrected chi connectivity index (χ0v) is 10.4. The number of nitro groups is 1. The van der Waals surface area contributed by atoms with E-state index in [1.54, 1.807) is 0 Å². The third kappa shape index (κ3) is 3.66. The minimum atomic E-state index is -0.633. The number of rotatable bonds is 5. The molecular formula is C11H13N3O5. The predicted octanol–water partition coefficient (Wildman–Crippen LogP) is 0.539. The van der Waals surface area contributed by atoms with E-state index in [9.17, 15) is 19.7 Å². The molecule has 1 amide bonds. The molecule has 0 unspecified atom stereocenters. The SMILES string of the molecule is CNC(=O)c1ccc(NCC(=O)OC)c([N+](=O)[O-])c1. The lowest BCUT2D eigenvalue weighted by atomic mass is 10.1. The number of carbonyl (C=O) groups excluding carboxylic acids is 2. The van der Waals surface area contributed by atoms with Crippen LogP contribution in [-0.4, -0.2) is 37.5 Å². The Morgan fingerprint density at radius 2 is 2.11 bits per heavy atom. The van der Waals surface area contributed by atoms with E-state index in [4.69, 9.17) is 0 Å². The van der Waals surface area contributed by atoms with Crippen LogP contribution in [0.1, 0.15) is 10.4 Å². The van der Waals surface area contributed by atoms with Gasteiger partial charge < -0.3 is 15.4 Å². The van der Waals surface area contributed by atoms with Gasteiger partial charge in [0.25, 0.3) is 11.6 Å². The maximum atomic E-state index is 11.4. The molecule has 0 atom stereocenters. The van der Waals surface area contributed by atoms with E-state index < -0.39 is 16.8 Å². The molecule has 8 nitrogen and oxygen atoms in total. The van der Waals surface area contributed by atoms with E-state index in [0.717, 1.165) is 6.07 Å². The Morgan fingerprint density at radius 1 is 1.42 bits per heavy atom. The summed E-state index contributed by atoms with van der Waals surface area (Å²) >= 11 is 0. The molecule has 2 N–H and O–H groups in total. The van der Waals surface area contributed by atoms with Crippen molar-refractivity contribution < 1.29 is 19.2 Å². The van der Waals surface area contributed by atoms with E-state index in [0.29, 0.717) is 0 Å². The zero-order valence-electron chi connectivity index (χ0n) is 10.4. The van der Waals surface area contributed by atoms with E-state index in [1.165, 1.54) is 26.3 Å². The molecule has 0 fully saturated rings. The summed E-state index contributed by atoms with van der Waals surface area (Å²) in [4.78, 5) is 32.6. The van der Waals surface area contributed by atoms with Crippen LogP contribution in [0.25, 0.3) is 0 Å². The number of amides is 1. The highest BCUT2D eigenvalue weighted by molar-refractivity contribution is 5.95. The van der Waals surface area contributed by atoms with Crippen LogP contribution in [0.5, 0.6) is 0 Å². The molecule has 0 saturated heterocycles. The van der Waals surface area contributed by atoms with Crippen LogP contribution in [0, 0.1) is 10.1 Å². The molecule has 0 radical (unpaired) electrons. The maximum Gasteiger partial charge on any atom is 0.325 e. The van der Waals surface area contributed by atoms with E-state index >= 15 is 0 Å². The van der Waals surface area contributed by atoms with E-state index in [-0.39, 0.29) is 23.5 Å². The van der Waals surface area contributed by atoms with Crippen molar-refractivity contribution >= 4 is 23.3 Å². The Bertz CT molecular complexity index is 515. The van der Waals surface area contributed by atoms with Crippen molar-refractivity contribution in [1.29, 1.82) is 0 Å². The number of nitrogens with zero attached hydrogens (tertiary/aromatic N) is 1. The lowest BCUT2D eigenvalue weighted by molar-refractivity contribution is -0.384. The van der Waals surface area contributed by atoms with Crippen molar-refractivity contribution in [2.24, 2.45) is 0 Å². The van der Waals surface area contributed by atoms with Gasteiger partial charge in [-0.15, -0.1) is 0 Å². The molecular weight excluding hydrogens is 254 g/mol. The van der Waals surface area contributed by atoms with Crippen LogP contribution < -0.4 is 10.6 Å². The summed E-state index contributed by atoms with van der Waals surface area (Å²) in [5.41, 5.74) is 0.0193. The molecule has 0 spiro atoms. The molecule has 0 heterocycles. The fourth-order valence-electron chi connectivity index (χ4n) is 1.36. The molecule has 1 rings (SSSR count). The van der Waals surface area contributed by atoms with Gasteiger partial charge in [-0.2, -0.15) is 0 Å². The number of carbonyl (C=O) groups is 2. The molecule has 0 aliphatic carbocycles. The Morgan fingerprint density at radius 3 is 2.63 bits per heavy atom. The number of ether oxygens (including phenoxy) is 1. The Balaban J connectivity index is 3.01. The Labute approximate surface area is 108 Å². The summed E-state index contributed by atoms with van der Waals surface area (Å²) in [7, 11) is 2.64. The maximum absolute atomic E-state index is 11.4. The van der Waals surface area contributed by atoms with Crippen LogP contribution in [0.2, 0.25) is 0 Å². The monoisotopic (exact) mass is 267 g/mol. The fourth-order valence-corrected chi connectivity index (χ4v) is 1.36. The lowest BCUT2D eigenvalue weighted by Crippen LogP contribution is -2.19. The molecule has 0 bridgehead atoms. The summed E-state index contributed by atoms with van der Waals surface area (Å²) in [5.74, 6) is -0.979. The second kappa shape index (κ2) is 6.34. The molecule has 0 saturated carbocycles. The molecule has 0 aliphatic heterocycles. The third-order valence-electron chi connectivity index (χ3n) is 2.33. The zero-order chi connectivity index (χ0) is 14.4. The topological polar surface area (TPSA) is 111 Å². The quantitative estimate of drug-likeness (QED) is 0.457. The fraction of sp³-hybridized carbons (Fsp3) is 0.273. The molecule has 19 heavy (non-hydrogen) atoms. The number of hydrogen-bond acceptors (Lipinski definition) is 6. The normalized spacial score (nSPS) is 9.58. The van der Waals surface area contributed by atoms with Gasteiger partial charge in [-0.3, -0.25) is 19.7 Å². The molecule has 0 aliphatic rings. The van der Waals surface area contributed by atoms with Gasteiger partial charge in [0, 0.05) is 18.7 Å². The number of nitrogens with one attached hydrogen (secondary N) is 2. The average Bonchev–Trinajstić information content (AvgIpc) is 2.43. The summed E-state index contributed by atoms with van der Waals surface area (Å²) in [6.07, 6.45) is 0. The number of benzene rings is 1. The van der Waals surface area contributed by atoms with Crippen molar-refractivity contribution in [2.75, 3.05) is 26.0 Å². The predicted molar refractivity (Wildman–Crippen MR) is 67.0 cm³/mol. The van der Waals surface area contributed by atoms with Crippen LogP contribution in [-0.2, 0) is 9.53 Å². The first-order valence-corrected chi connectivity index (χ1v) is 5.30. The number of hydrogen-bond donors (Lipinski definition) is 2. The summed E-state index contributed by atoms with van der Waals surface area (Å²) in [6.45, 7) is -0.198. The van der Waals surface area contributed by atoms with Crippen molar-refractivity contribution in [2.45, 2.75) is 0 Å². The molecule has 0 aromatic heterocycles. The van der Waals surface area contributed by atoms with Gasteiger partial charge in [0.1, 0.15) is 12.2 Å². The number of methoxy groups -OCH3 is 1. The lowest BCUT2D eigenvalue weighted by Gasteiger charge is -2.07. The van der Waals surface area contributed by atoms with Gasteiger partial charge in [0.05, 0.1) is 12.0 Å².